The molecule has 1 atom stereocenters. The molecule has 0 spiro atoms. The molecule has 3 nitrogen and oxygen atoms in total. The molecule has 1 heterocycles. The van der Waals surface area contributed by atoms with Crippen LogP contribution in [-0.4, -0.2) is 21.3 Å². The van der Waals surface area contributed by atoms with Gasteiger partial charge in [-0.2, -0.15) is 0 Å². The molecule has 0 aliphatic heterocycles. The Hall–Kier alpha value is -0.550. The van der Waals surface area contributed by atoms with E-state index in [0.717, 1.165) is 10.2 Å². The smallest absolute Gasteiger partial charge is 0.316 e. The van der Waals surface area contributed by atoms with Crippen molar-refractivity contribution in [2.45, 2.75) is 17.9 Å². The van der Waals surface area contributed by atoms with Crippen molar-refractivity contribution in [3.8, 4) is 0 Å². The summed E-state index contributed by atoms with van der Waals surface area (Å²) in [5.74, 6) is -0.159. The molecule has 76 valence electrons. The van der Waals surface area contributed by atoms with Crippen LogP contribution in [0.25, 0.3) is 0 Å². The van der Waals surface area contributed by atoms with Gasteiger partial charge in [-0.15, -0.1) is 11.8 Å². The molecule has 1 aromatic heterocycles. The van der Waals surface area contributed by atoms with Crippen LogP contribution in [0, 0.1) is 0 Å². The van der Waals surface area contributed by atoms with Crippen LogP contribution in [0.15, 0.2) is 22.8 Å². The second kappa shape index (κ2) is 5.36. The molecule has 0 radical (unpaired) electrons. The second-order valence-electron chi connectivity index (χ2n) is 2.76. The topological polar surface area (TPSA) is 50.2 Å². The maximum atomic E-state index is 10.5. The number of hydrogen-bond donors (Lipinski definition) is 1. The lowest BCUT2D eigenvalue weighted by Crippen LogP contribution is -2.11. The summed E-state index contributed by atoms with van der Waals surface area (Å²) in [6, 6.07) is 3.78. The van der Waals surface area contributed by atoms with E-state index in [1.165, 1.54) is 11.8 Å². The molecule has 0 aromatic carbocycles. The molecule has 0 fully saturated rings. The first-order valence-electron chi connectivity index (χ1n) is 4.04. The number of pyridine rings is 1. The maximum absolute atomic E-state index is 10.5. The van der Waals surface area contributed by atoms with E-state index in [1.54, 1.807) is 13.1 Å². The minimum atomic E-state index is -0.785. The fourth-order valence-corrected chi connectivity index (χ4v) is 1.74. The monoisotopic (exact) mass is 275 g/mol. The van der Waals surface area contributed by atoms with Crippen LogP contribution in [0.5, 0.6) is 0 Å². The van der Waals surface area contributed by atoms with Crippen molar-refractivity contribution >= 4 is 33.7 Å². The van der Waals surface area contributed by atoms with E-state index in [4.69, 9.17) is 5.11 Å². The molecule has 14 heavy (non-hydrogen) atoms. The predicted molar refractivity (Wildman–Crippen MR) is 60.3 cm³/mol. The van der Waals surface area contributed by atoms with Gasteiger partial charge >= 0.3 is 5.97 Å². The Labute approximate surface area is 95.1 Å². The average molecular weight is 276 g/mol. The first-order chi connectivity index (χ1) is 6.59. The van der Waals surface area contributed by atoms with Crippen molar-refractivity contribution < 1.29 is 9.90 Å². The lowest BCUT2D eigenvalue weighted by atomic mass is 10.4. The number of thioether (sulfide) groups is 1. The van der Waals surface area contributed by atoms with Crippen LogP contribution in [0.3, 0.4) is 0 Å². The molecular formula is C9H10BrNO2S. The average Bonchev–Trinajstić information content (AvgIpc) is 2.16. The molecule has 0 aliphatic carbocycles. The van der Waals surface area contributed by atoms with E-state index >= 15 is 0 Å². The van der Waals surface area contributed by atoms with Crippen LogP contribution in [0.1, 0.15) is 12.6 Å². The van der Waals surface area contributed by atoms with Gasteiger partial charge < -0.3 is 5.11 Å². The zero-order chi connectivity index (χ0) is 10.6. The van der Waals surface area contributed by atoms with Gasteiger partial charge in [-0.1, -0.05) is 0 Å². The zero-order valence-corrected chi connectivity index (χ0v) is 10.0. The van der Waals surface area contributed by atoms with Gasteiger partial charge in [0.1, 0.15) is 0 Å². The van der Waals surface area contributed by atoms with E-state index in [2.05, 4.69) is 20.9 Å². The van der Waals surface area contributed by atoms with Crippen LogP contribution in [0.2, 0.25) is 0 Å². The Morgan fingerprint density at radius 3 is 2.93 bits per heavy atom. The lowest BCUT2D eigenvalue weighted by molar-refractivity contribution is -0.136. The SMILES string of the molecule is CC(SCc1ccc(Br)cn1)C(=O)O. The van der Waals surface area contributed by atoms with Gasteiger partial charge in [0.15, 0.2) is 0 Å². The number of carbonyl (C=O) groups is 1. The largest absolute Gasteiger partial charge is 0.480 e. The molecule has 0 amide bonds. The highest BCUT2D eigenvalue weighted by Gasteiger charge is 2.11. The third kappa shape index (κ3) is 3.67. The zero-order valence-electron chi connectivity index (χ0n) is 7.61. The summed E-state index contributed by atoms with van der Waals surface area (Å²) in [7, 11) is 0. The van der Waals surface area contributed by atoms with Crippen LogP contribution in [-0.2, 0) is 10.5 Å². The number of aliphatic carboxylic acids is 1. The molecule has 0 aliphatic rings. The summed E-state index contributed by atoms with van der Waals surface area (Å²) < 4.78 is 0.928. The van der Waals surface area contributed by atoms with Crippen molar-refractivity contribution in [2.75, 3.05) is 0 Å². The minimum Gasteiger partial charge on any atom is -0.480 e. The highest BCUT2D eigenvalue weighted by molar-refractivity contribution is 9.10. The van der Waals surface area contributed by atoms with E-state index in [1.807, 2.05) is 12.1 Å². The number of halogens is 1. The van der Waals surface area contributed by atoms with Gasteiger partial charge in [0, 0.05) is 16.4 Å². The van der Waals surface area contributed by atoms with E-state index in [-0.39, 0.29) is 5.25 Å². The van der Waals surface area contributed by atoms with Crippen LogP contribution < -0.4 is 0 Å². The van der Waals surface area contributed by atoms with Gasteiger partial charge in [-0.05, 0) is 35.0 Å². The van der Waals surface area contributed by atoms with Crippen molar-refractivity contribution in [1.82, 2.24) is 4.98 Å². The Bertz CT molecular complexity index is 315. The quantitative estimate of drug-likeness (QED) is 0.918. The summed E-state index contributed by atoms with van der Waals surface area (Å²) in [5.41, 5.74) is 0.895. The Balaban J connectivity index is 2.46. The fourth-order valence-electron chi connectivity index (χ4n) is 0.773. The highest BCUT2D eigenvalue weighted by atomic mass is 79.9. The summed E-state index contributed by atoms with van der Waals surface area (Å²) in [5, 5.41) is 8.27. The van der Waals surface area contributed by atoms with Crippen molar-refractivity contribution in [2.24, 2.45) is 0 Å². The number of rotatable bonds is 4. The molecule has 1 aromatic rings. The normalized spacial score (nSPS) is 12.4. The van der Waals surface area contributed by atoms with E-state index in [9.17, 15) is 4.79 Å². The molecule has 1 N–H and O–H groups in total. The molecule has 0 saturated carbocycles. The fraction of sp³-hybridized carbons (Fsp3) is 0.333. The molecule has 1 unspecified atom stereocenters. The minimum absolute atomic E-state index is 0.388. The first-order valence-corrected chi connectivity index (χ1v) is 5.88. The molecule has 0 saturated heterocycles. The third-order valence-corrected chi connectivity index (χ3v) is 3.25. The molecule has 0 bridgehead atoms. The maximum Gasteiger partial charge on any atom is 0.316 e. The highest BCUT2D eigenvalue weighted by Crippen LogP contribution is 2.17. The van der Waals surface area contributed by atoms with Gasteiger partial charge in [-0.3, -0.25) is 9.78 Å². The van der Waals surface area contributed by atoms with Crippen LogP contribution >= 0.6 is 27.7 Å². The van der Waals surface area contributed by atoms with Gasteiger partial charge in [0.2, 0.25) is 0 Å². The third-order valence-electron chi connectivity index (χ3n) is 1.62. The van der Waals surface area contributed by atoms with Crippen molar-refractivity contribution in [3.05, 3.63) is 28.5 Å². The Morgan fingerprint density at radius 2 is 2.43 bits per heavy atom. The molecule has 5 heteroatoms. The second-order valence-corrected chi connectivity index (χ2v) is 5.00. The number of aromatic nitrogens is 1. The summed E-state index contributed by atoms with van der Waals surface area (Å²) in [6.45, 7) is 1.67. The number of carboxylic acid groups (broad SMARTS) is 1. The first kappa shape index (κ1) is 11.5. The van der Waals surface area contributed by atoms with E-state index < -0.39 is 5.97 Å². The van der Waals surface area contributed by atoms with Gasteiger partial charge in [0.05, 0.1) is 10.9 Å². The Kier molecular flexibility index (Phi) is 4.41. The Morgan fingerprint density at radius 1 is 1.71 bits per heavy atom. The number of nitrogens with zero attached hydrogens (tertiary/aromatic N) is 1. The molecular weight excluding hydrogens is 266 g/mol. The summed E-state index contributed by atoms with van der Waals surface area (Å²) in [6.07, 6.45) is 1.71. The van der Waals surface area contributed by atoms with Crippen molar-refractivity contribution in [1.29, 1.82) is 0 Å². The van der Waals surface area contributed by atoms with Gasteiger partial charge in [-0.25, -0.2) is 0 Å². The van der Waals surface area contributed by atoms with Gasteiger partial charge in [0.25, 0.3) is 0 Å². The lowest BCUT2D eigenvalue weighted by Gasteiger charge is -2.04. The predicted octanol–water partition coefficient (Wildman–Crippen LogP) is 2.55. The summed E-state index contributed by atoms with van der Waals surface area (Å²) in [4.78, 5) is 14.7. The number of hydrogen-bond acceptors (Lipinski definition) is 3. The van der Waals surface area contributed by atoms with Crippen LogP contribution in [0.4, 0.5) is 0 Å². The van der Waals surface area contributed by atoms with E-state index in [0.29, 0.717) is 5.75 Å². The summed E-state index contributed by atoms with van der Waals surface area (Å²) >= 11 is 4.65. The standard InChI is InChI=1S/C9H10BrNO2S/c1-6(9(12)13)14-5-8-3-2-7(10)4-11-8/h2-4,6H,5H2,1H3,(H,12,13). The molecule has 1 rings (SSSR count). The van der Waals surface area contributed by atoms with Crippen molar-refractivity contribution in [3.63, 3.8) is 0 Å². The number of carboxylic acids is 1.